The maximum absolute atomic E-state index is 11.1. The highest BCUT2D eigenvalue weighted by atomic mass is 32.3. The van der Waals surface area contributed by atoms with Gasteiger partial charge >= 0.3 is 10.4 Å². The molecule has 8 nitrogen and oxygen atoms in total. The molecule has 1 aromatic rings. The molecule has 1 aromatic carbocycles. The van der Waals surface area contributed by atoms with Crippen molar-refractivity contribution in [2.75, 3.05) is 29.9 Å². The van der Waals surface area contributed by atoms with Gasteiger partial charge in [-0.2, -0.15) is 13.7 Å². The second-order valence-electron chi connectivity index (χ2n) is 4.38. The third-order valence-electron chi connectivity index (χ3n) is 2.62. The molecule has 120 valence electrons. The van der Waals surface area contributed by atoms with Gasteiger partial charge < -0.3 is 10.2 Å². The smallest absolute Gasteiger partial charge is 0.368 e. The summed E-state index contributed by atoms with van der Waals surface area (Å²) in [6.45, 7) is 1.65. The van der Waals surface area contributed by atoms with Crippen LogP contribution >= 0.6 is 0 Å². The highest BCUT2D eigenvalue weighted by Crippen LogP contribution is 2.19. The molecule has 0 aliphatic carbocycles. The average Bonchev–Trinajstić information content (AvgIpc) is 2.41. The van der Waals surface area contributed by atoms with Gasteiger partial charge in [-0.05, 0) is 18.2 Å². The highest BCUT2D eigenvalue weighted by Gasteiger charge is 2.10. The quantitative estimate of drug-likeness (QED) is 0.688. The zero-order valence-electron chi connectivity index (χ0n) is 12.0. The Morgan fingerprint density at radius 3 is 2.77 bits per heavy atom. The Hall–Kier alpha value is -2.15. The van der Waals surface area contributed by atoms with Gasteiger partial charge in [-0.25, -0.2) is 4.18 Å². The molecular formula is C13H17N3O5S. The fourth-order valence-corrected chi connectivity index (χ4v) is 2.08. The summed E-state index contributed by atoms with van der Waals surface area (Å²) in [6, 6.07) is 8.90. The molecule has 1 amide bonds. The fourth-order valence-electron chi connectivity index (χ4n) is 1.79. The summed E-state index contributed by atoms with van der Waals surface area (Å²) < 4.78 is 33.9. The summed E-state index contributed by atoms with van der Waals surface area (Å²) in [5, 5.41) is 11.3. The van der Waals surface area contributed by atoms with Gasteiger partial charge in [0.25, 0.3) is 0 Å². The van der Waals surface area contributed by atoms with Crippen molar-refractivity contribution in [2.24, 2.45) is 0 Å². The molecule has 2 N–H and O–H groups in total. The maximum atomic E-state index is 11.1. The number of hydrogen-bond acceptors (Lipinski definition) is 6. The van der Waals surface area contributed by atoms with Crippen LogP contribution in [0.2, 0.25) is 0 Å². The molecule has 0 bridgehead atoms. The molecule has 0 saturated heterocycles. The number of nitriles is 1. The Morgan fingerprint density at radius 2 is 2.18 bits per heavy atom. The van der Waals surface area contributed by atoms with Crippen molar-refractivity contribution in [3.63, 3.8) is 0 Å². The van der Waals surface area contributed by atoms with Crippen LogP contribution < -0.4 is 10.2 Å². The Labute approximate surface area is 129 Å². The van der Waals surface area contributed by atoms with Crippen LogP contribution in [-0.4, -0.2) is 38.6 Å². The third kappa shape index (κ3) is 7.03. The summed E-state index contributed by atoms with van der Waals surface area (Å²) in [5.41, 5.74) is 1.28. The van der Waals surface area contributed by atoms with Gasteiger partial charge in [0.15, 0.2) is 0 Å². The van der Waals surface area contributed by atoms with Crippen molar-refractivity contribution in [3.8, 4) is 6.07 Å². The second-order valence-corrected chi connectivity index (χ2v) is 5.47. The van der Waals surface area contributed by atoms with E-state index in [1.165, 1.54) is 6.92 Å². The number of nitrogens with one attached hydrogen (secondary N) is 1. The number of carbonyl (C=O) groups is 1. The first-order valence-corrected chi connectivity index (χ1v) is 7.80. The zero-order chi connectivity index (χ0) is 16.6. The van der Waals surface area contributed by atoms with Crippen LogP contribution in [0.25, 0.3) is 0 Å². The van der Waals surface area contributed by atoms with Gasteiger partial charge in [0.05, 0.1) is 19.1 Å². The Morgan fingerprint density at radius 1 is 1.45 bits per heavy atom. The van der Waals surface area contributed by atoms with Crippen molar-refractivity contribution in [2.45, 2.75) is 13.3 Å². The number of carbonyl (C=O) groups excluding carboxylic acids is 1. The van der Waals surface area contributed by atoms with Crippen LogP contribution in [-0.2, 0) is 19.4 Å². The summed E-state index contributed by atoms with van der Waals surface area (Å²) in [7, 11) is -4.50. The molecule has 9 heteroatoms. The SMILES string of the molecule is CC(=O)Nc1cccc(N(CCC#N)CCOS(=O)(=O)O)c1. The monoisotopic (exact) mass is 327 g/mol. The molecule has 1 rings (SSSR count). The van der Waals surface area contributed by atoms with E-state index < -0.39 is 10.4 Å². The van der Waals surface area contributed by atoms with Crippen LogP contribution in [0.4, 0.5) is 11.4 Å². The van der Waals surface area contributed by atoms with Crippen LogP contribution in [0.3, 0.4) is 0 Å². The van der Waals surface area contributed by atoms with Crippen LogP contribution in [0, 0.1) is 11.3 Å². The molecule has 0 radical (unpaired) electrons. The Kier molecular flexibility index (Phi) is 6.78. The zero-order valence-corrected chi connectivity index (χ0v) is 12.8. The third-order valence-corrected chi connectivity index (χ3v) is 3.08. The number of anilines is 2. The van der Waals surface area contributed by atoms with Crippen molar-refractivity contribution < 1.29 is 21.9 Å². The Balaban J connectivity index is 2.82. The molecular weight excluding hydrogens is 310 g/mol. The Bertz CT molecular complexity index is 654. The lowest BCUT2D eigenvalue weighted by Crippen LogP contribution is -2.29. The number of rotatable bonds is 8. The second kappa shape index (κ2) is 8.33. The van der Waals surface area contributed by atoms with Crippen LogP contribution in [0.5, 0.6) is 0 Å². The van der Waals surface area contributed by atoms with E-state index in [1.54, 1.807) is 29.2 Å². The largest absolute Gasteiger partial charge is 0.397 e. The molecule has 0 spiro atoms. The van der Waals surface area contributed by atoms with E-state index in [0.29, 0.717) is 17.9 Å². The van der Waals surface area contributed by atoms with Crippen LogP contribution in [0.1, 0.15) is 13.3 Å². The fraction of sp³-hybridized carbons (Fsp3) is 0.385. The van der Waals surface area contributed by atoms with E-state index in [1.807, 2.05) is 6.07 Å². The first-order chi connectivity index (χ1) is 10.3. The predicted molar refractivity (Wildman–Crippen MR) is 80.7 cm³/mol. The minimum Gasteiger partial charge on any atom is -0.368 e. The first kappa shape index (κ1) is 17.9. The minimum absolute atomic E-state index is 0.158. The number of hydrogen-bond donors (Lipinski definition) is 2. The molecule has 0 aliphatic rings. The van der Waals surface area contributed by atoms with E-state index in [0.717, 1.165) is 0 Å². The van der Waals surface area contributed by atoms with Gasteiger partial charge in [0, 0.05) is 31.4 Å². The highest BCUT2D eigenvalue weighted by molar-refractivity contribution is 7.80. The molecule has 0 saturated carbocycles. The van der Waals surface area contributed by atoms with Crippen LogP contribution in [0.15, 0.2) is 24.3 Å². The van der Waals surface area contributed by atoms with E-state index in [4.69, 9.17) is 9.81 Å². The summed E-state index contributed by atoms with van der Waals surface area (Å²) >= 11 is 0. The number of amides is 1. The minimum atomic E-state index is -4.50. The van der Waals surface area contributed by atoms with E-state index in [2.05, 4.69) is 9.50 Å². The van der Waals surface area contributed by atoms with Gasteiger partial charge in [-0.1, -0.05) is 6.07 Å². The predicted octanol–water partition coefficient (Wildman–Crippen LogP) is 1.18. The van der Waals surface area contributed by atoms with Crippen molar-refractivity contribution in [1.82, 2.24) is 0 Å². The lowest BCUT2D eigenvalue weighted by molar-refractivity contribution is -0.114. The topological polar surface area (TPSA) is 120 Å². The lowest BCUT2D eigenvalue weighted by Gasteiger charge is -2.24. The number of nitrogens with zero attached hydrogens (tertiary/aromatic N) is 2. The summed E-state index contributed by atoms with van der Waals surface area (Å²) in [6.07, 6.45) is 0.232. The molecule has 0 fully saturated rings. The molecule has 0 atom stereocenters. The summed E-state index contributed by atoms with van der Waals surface area (Å²) in [4.78, 5) is 12.8. The molecule has 22 heavy (non-hydrogen) atoms. The van der Waals surface area contributed by atoms with E-state index in [-0.39, 0.29) is 25.5 Å². The summed E-state index contributed by atoms with van der Waals surface area (Å²) in [5.74, 6) is -0.213. The van der Waals surface area contributed by atoms with Crippen molar-refractivity contribution >= 4 is 27.7 Å². The van der Waals surface area contributed by atoms with Gasteiger partial charge in [0.1, 0.15) is 0 Å². The van der Waals surface area contributed by atoms with E-state index >= 15 is 0 Å². The van der Waals surface area contributed by atoms with Gasteiger partial charge in [-0.3, -0.25) is 9.35 Å². The molecule has 0 aromatic heterocycles. The molecule has 0 unspecified atom stereocenters. The molecule has 0 aliphatic heterocycles. The average molecular weight is 327 g/mol. The number of benzene rings is 1. The van der Waals surface area contributed by atoms with Crippen molar-refractivity contribution in [3.05, 3.63) is 24.3 Å². The standard InChI is InChI=1S/C13H17N3O5S/c1-11(17)15-12-4-2-5-13(10-12)16(7-3-6-14)8-9-21-22(18,19)20/h2,4-5,10H,3,7-9H2,1H3,(H,15,17)(H,18,19,20). The van der Waals surface area contributed by atoms with Crippen molar-refractivity contribution in [1.29, 1.82) is 5.26 Å². The van der Waals surface area contributed by atoms with Gasteiger partial charge in [0.2, 0.25) is 5.91 Å². The van der Waals surface area contributed by atoms with Gasteiger partial charge in [-0.15, -0.1) is 0 Å². The maximum Gasteiger partial charge on any atom is 0.397 e. The normalized spacial score (nSPS) is 10.8. The lowest BCUT2D eigenvalue weighted by atomic mass is 10.2. The molecule has 0 heterocycles. The first-order valence-electron chi connectivity index (χ1n) is 6.43. The van der Waals surface area contributed by atoms with E-state index in [9.17, 15) is 13.2 Å².